The molecule has 21 heavy (non-hydrogen) atoms. The molecule has 0 bridgehead atoms. The molecule has 0 radical (unpaired) electrons. The first kappa shape index (κ1) is 14.9. The lowest BCUT2D eigenvalue weighted by Crippen LogP contribution is -2.27. The van der Waals surface area contributed by atoms with Gasteiger partial charge in [-0.15, -0.1) is 0 Å². The van der Waals surface area contributed by atoms with Gasteiger partial charge in [-0.3, -0.25) is 9.59 Å². The van der Waals surface area contributed by atoms with Crippen LogP contribution < -0.4 is 16.8 Å². The summed E-state index contributed by atoms with van der Waals surface area (Å²) < 4.78 is 0. The van der Waals surface area contributed by atoms with E-state index in [2.05, 4.69) is 5.32 Å². The Morgan fingerprint density at radius 3 is 2.24 bits per heavy atom. The highest BCUT2D eigenvalue weighted by atomic mass is 35.5. The number of carbonyl (C=O) groups is 2. The predicted octanol–water partition coefficient (Wildman–Crippen LogP) is 2.08. The SMILES string of the molecule is NC(=O)c1ccc(NC(C(N)=O)c2ccccc2)cc1Cl. The first-order valence-electron chi connectivity index (χ1n) is 6.19. The molecule has 2 amide bonds. The fraction of sp³-hybridized carbons (Fsp3) is 0.0667. The number of benzene rings is 2. The number of anilines is 1. The molecule has 0 saturated carbocycles. The Bertz CT molecular complexity index is 674. The van der Waals surface area contributed by atoms with Gasteiger partial charge in [0.25, 0.3) is 0 Å². The third kappa shape index (κ3) is 3.52. The maximum Gasteiger partial charge on any atom is 0.250 e. The van der Waals surface area contributed by atoms with Gasteiger partial charge in [-0.25, -0.2) is 0 Å². The molecule has 108 valence electrons. The molecule has 0 aliphatic carbocycles. The molecule has 0 heterocycles. The van der Waals surface area contributed by atoms with E-state index in [0.717, 1.165) is 5.56 Å². The molecule has 0 fully saturated rings. The molecule has 0 aliphatic heterocycles. The first-order valence-corrected chi connectivity index (χ1v) is 6.57. The van der Waals surface area contributed by atoms with E-state index in [4.69, 9.17) is 23.1 Å². The van der Waals surface area contributed by atoms with Crippen molar-refractivity contribution in [3.8, 4) is 0 Å². The highest BCUT2D eigenvalue weighted by Crippen LogP contribution is 2.24. The van der Waals surface area contributed by atoms with Gasteiger partial charge in [0.15, 0.2) is 0 Å². The Morgan fingerprint density at radius 2 is 1.71 bits per heavy atom. The minimum atomic E-state index is -0.693. The van der Waals surface area contributed by atoms with Gasteiger partial charge in [-0.2, -0.15) is 0 Å². The van der Waals surface area contributed by atoms with Crippen molar-refractivity contribution in [2.45, 2.75) is 6.04 Å². The summed E-state index contributed by atoms with van der Waals surface area (Å²) in [4.78, 5) is 22.7. The molecule has 6 heteroatoms. The molecule has 2 aromatic carbocycles. The Kier molecular flexibility index (Phi) is 4.45. The first-order chi connectivity index (χ1) is 9.99. The van der Waals surface area contributed by atoms with Crippen molar-refractivity contribution >= 4 is 29.1 Å². The number of halogens is 1. The van der Waals surface area contributed by atoms with E-state index in [-0.39, 0.29) is 10.6 Å². The van der Waals surface area contributed by atoms with Crippen LogP contribution in [0.3, 0.4) is 0 Å². The van der Waals surface area contributed by atoms with Gasteiger partial charge in [-0.05, 0) is 23.8 Å². The van der Waals surface area contributed by atoms with Crippen molar-refractivity contribution in [2.75, 3.05) is 5.32 Å². The number of rotatable bonds is 5. The van der Waals surface area contributed by atoms with Crippen molar-refractivity contribution in [3.05, 3.63) is 64.7 Å². The number of amides is 2. The summed E-state index contributed by atoms with van der Waals surface area (Å²) in [5, 5.41) is 3.20. The maximum absolute atomic E-state index is 11.6. The monoisotopic (exact) mass is 303 g/mol. The molecule has 0 spiro atoms. The smallest absolute Gasteiger partial charge is 0.250 e. The molecular formula is C15H14ClN3O2. The Morgan fingerprint density at radius 1 is 1.05 bits per heavy atom. The van der Waals surface area contributed by atoms with Crippen molar-refractivity contribution < 1.29 is 9.59 Å². The minimum Gasteiger partial charge on any atom is -0.370 e. The summed E-state index contributed by atoms with van der Waals surface area (Å²) in [6, 6.07) is 13.0. The molecule has 1 atom stereocenters. The van der Waals surface area contributed by atoms with Crippen LogP contribution in [0.4, 0.5) is 5.69 Å². The van der Waals surface area contributed by atoms with Crippen LogP contribution in [-0.2, 0) is 4.79 Å². The van der Waals surface area contributed by atoms with Crippen LogP contribution in [0.2, 0.25) is 5.02 Å². The van der Waals surface area contributed by atoms with Crippen molar-refractivity contribution in [1.29, 1.82) is 0 Å². The van der Waals surface area contributed by atoms with Gasteiger partial charge in [0.1, 0.15) is 6.04 Å². The maximum atomic E-state index is 11.6. The molecule has 1 unspecified atom stereocenters. The molecule has 5 N–H and O–H groups in total. The summed E-state index contributed by atoms with van der Waals surface area (Å²) in [6.45, 7) is 0. The zero-order valence-corrected chi connectivity index (χ0v) is 11.8. The topological polar surface area (TPSA) is 98.2 Å². The van der Waals surface area contributed by atoms with Crippen LogP contribution >= 0.6 is 11.6 Å². The fourth-order valence-electron chi connectivity index (χ4n) is 1.94. The number of primary amides is 2. The van der Waals surface area contributed by atoms with Crippen LogP contribution in [-0.4, -0.2) is 11.8 Å². The second kappa shape index (κ2) is 6.28. The lowest BCUT2D eigenvalue weighted by Gasteiger charge is -2.17. The molecular weight excluding hydrogens is 290 g/mol. The summed E-state index contributed by atoms with van der Waals surface area (Å²) in [6.07, 6.45) is 0. The van der Waals surface area contributed by atoms with E-state index in [1.165, 1.54) is 12.1 Å². The van der Waals surface area contributed by atoms with Crippen LogP contribution in [0.25, 0.3) is 0 Å². The van der Waals surface area contributed by atoms with Gasteiger partial charge < -0.3 is 16.8 Å². The third-order valence-corrected chi connectivity index (χ3v) is 3.28. The lowest BCUT2D eigenvalue weighted by atomic mass is 10.1. The average Bonchev–Trinajstić information content (AvgIpc) is 2.45. The molecule has 0 aromatic heterocycles. The van der Waals surface area contributed by atoms with Crippen molar-refractivity contribution in [2.24, 2.45) is 11.5 Å². The number of carbonyl (C=O) groups excluding carboxylic acids is 2. The van der Waals surface area contributed by atoms with Crippen molar-refractivity contribution in [3.63, 3.8) is 0 Å². The van der Waals surface area contributed by atoms with E-state index >= 15 is 0 Å². The van der Waals surface area contributed by atoms with Crippen LogP contribution in [0.5, 0.6) is 0 Å². The molecule has 2 rings (SSSR count). The normalized spacial score (nSPS) is 11.7. The second-order valence-corrected chi connectivity index (χ2v) is 4.86. The molecule has 0 aliphatic rings. The van der Waals surface area contributed by atoms with E-state index in [9.17, 15) is 9.59 Å². The molecule has 2 aromatic rings. The second-order valence-electron chi connectivity index (χ2n) is 4.45. The number of nitrogens with one attached hydrogen (secondary N) is 1. The summed E-state index contributed by atoms with van der Waals surface area (Å²) in [5.41, 5.74) is 12.1. The summed E-state index contributed by atoms with van der Waals surface area (Å²) >= 11 is 5.98. The summed E-state index contributed by atoms with van der Waals surface area (Å²) in [7, 11) is 0. The highest BCUT2D eigenvalue weighted by Gasteiger charge is 2.18. The van der Waals surface area contributed by atoms with Gasteiger partial charge in [0.2, 0.25) is 11.8 Å². The van der Waals surface area contributed by atoms with Crippen LogP contribution in [0.15, 0.2) is 48.5 Å². The van der Waals surface area contributed by atoms with Gasteiger partial charge in [0, 0.05) is 5.69 Å². The Balaban J connectivity index is 2.28. The standard InChI is InChI=1S/C15H14ClN3O2/c16-12-8-10(6-7-11(12)14(17)20)19-13(15(18)21)9-4-2-1-3-5-9/h1-8,13,19H,(H2,17,20)(H2,18,21). The zero-order valence-electron chi connectivity index (χ0n) is 11.0. The quantitative estimate of drug-likeness (QED) is 0.788. The van der Waals surface area contributed by atoms with Crippen molar-refractivity contribution in [1.82, 2.24) is 0 Å². The third-order valence-electron chi connectivity index (χ3n) is 2.96. The van der Waals surface area contributed by atoms with Crippen LogP contribution in [0.1, 0.15) is 22.0 Å². The van der Waals surface area contributed by atoms with E-state index < -0.39 is 17.9 Å². The van der Waals surface area contributed by atoms with E-state index in [1.807, 2.05) is 18.2 Å². The zero-order chi connectivity index (χ0) is 15.4. The lowest BCUT2D eigenvalue weighted by molar-refractivity contribution is -0.118. The number of hydrogen-bond donors (Lipinski definition) is 3. The minimum absolute atomic E-state index is 0.212. The molecule has 5 nitrogen and oxygen atoms in total. The van der Waals surface area contributed by atoms with E-state index in [1.54, 1.807) is 18.2 Å². The average molecular weight is 304 g/mol. The predicted molar refractivity (Wildman–Crippen MR) is 82.0 cm³/mol. The van der Waals surface area contributed by atoms with E-state index in [0.29, 0.717) is 5.69 Å². The van der Waals surface area contributed by atoms with Gasteiger partial charge in [-0.1, -0.05) is 41.9 Å². The Labute approximate surface area is 126 Å². The number of hydrogen-bond acceptors (Lipinski definition) is 3. The Hall–Kier alpha value is -2.53. The molecule has 0 saturated heterocycles. The largest absolute Gasteiger partial charge is 0.370 e. The van der Waals surface area contributed by atoms with Gasteiger partial charge in [0.05, 0.1) is 10.6 Å². The summed E-state index contributed by atoms with van der Waals surface area (Å²) in [5.74, 6) is -1.13. The highest BCUT2D eigenvalue weighted by molar-refractivity contribution is 6.34. The van der Waals surface area contributed by atoms with Gasteiger partial charge >= 0.3 is 0 Å². The number of nitrogens with two attached hydrogens (primary N) is 2. The fourth-order valence-corrected chi connectivity index (χ4v) is 2.21. The van der Waals surface area contributed by atoms with Crippen LogP contribution in [0, 0.1) is 0 Å².